The number of hydrogen-bond donors (Lipinski definition) is 0. The van der Waals surface area contributed by atoms with Crippen molar-refractivity contribution in [2.24, 2.45) is 0 Å². The number of carbonyl (C=O) groups is 1. The molecule has 5 nitrogen and oxygen atoms in total. The van der Waals surface area contributed by atoms with Gasteiger partial charge in [-0.05, 0) is 36.7 Å². The van der Waals surface area contributed by atoms with Gasteiger partial charge in [0.1, 0.15) is 19.0 Å². The van der Waals surface area contributed by atoms with Crippen molar-refractivity contribution in [2.45, 2.75) is 13.1 Å². The van der Waals surface area contributed by atoms with Gasteiger partial charge in [0.2, 0.25) is 5.91 Å². The van der Waals surface area contributed by atoms with Crippen molar-refractivity contribution in [2.75, 3.05) is 31.7 Å². The van der Waals surface area contributed by atoms with Crippen LogP contribution >= 0.6 is 11.3 Å². The second-order valence-electron chi connectivity index (χ2n) is 7.15. The van der Waals surface area contributed by atoms with Gasteiger partial charge in [0.15, 0.2) is 11.5 Å². The van der Waals surface area contributed by atoms with E-state index in [4.69, 9.17) is 9.47 Å². The van der Waals surface area contributed by atoms with E-state index in [-0.39, 0.29) is 18.3 Å². The first kappa shape index (κ1) is 20.4. The highest BCUT2D eigenvalue weighted by Crippen LogP contribution is 2.34. The molecule has 0 aliphatic carbocycles. The molecule has 0 saturated heterocycles. The predicted octanol–water partition coefficient (Wildman–Crippen LogP) is 4.32. The summed E-state index contributed by atoms with van der Waals surface area (Å²) in [5.41, 5.74) is 1.31. The molecular formula is C23H23FN2O3S. The van der Waals surface area contributed by atoms with E-state index in [1.807, 2.05) is 47.7 Å². The van der Waals surface area contributed by atoms with Crippen LogP contribution in [0.1, 0.15) is 10.4 Å². The van der Waals surface area contributed by atoms with Crippen LogP contribution < -0.4 is 14.4 Å². The standard InChI is InChI=1S/C23H23FN2O3S/c1-25(14-17-5-2-3-7-20(17)24)16-23(27)26(15-19-6-4-12-30-19)18-8-9-21-22(13-18)29-11-10-28-21/h2-9,12-13H,10-11,14-16H2,1H3. The number of benzene rings is 2. The number of thiophene rings is 1. The minimum absolute atomic E-state index is 0.0704. The molecule has 7 heteroatoms. The number of likely N-dealkylation sites (N-methyl/N-ethyl adjacent to an activating group) is 1. The number of nitrogens with zero attached hydrogens (tertiary/aromatic N) is 2. The normalized spacial score (nSPS) is 12.8. The Balaban J connectivity index is 1.53. The van der Waals surface area contributed by atoms with Gasteiger partial charge in [-0.2, -0.15) is 0 Å². The molecule has 3 aromatic rings. The van der Waals surface area contributed by atoms with E-state index in [0.717, 1.165) is 10.6 Å². The van der Waals surface area contributed by atoms with Gasteiger partial charge in [0, 0.05) is 28.7 Å². The Morgan fingerprint density at radius 3 is 2.60 bits per heavy atom. The molecule has 0 N–H and O–H groups in total. The topological polar surface area (TPSA) is 42.0 Å². The first-order valence-electron chi connectivity index (χ1n) is 9.74. The zero-order valence-electron chi connectivity index (χ0n) is 16.7. The van der Waals surface area contributed by atoms with E-state index in [2.05, 4.69) is 0 Å². The van der Waals surface area contributed by atoms with E-state index in [1.165, 1.54) is 6.07 Å². The Bertz CT molecular complexity index is 1010. The van der Waals surface area contributed by atoms with Crippen molar-refractivity contribution < 1.29 is 18.7 Å². The first-order valence-corrected chi connectivity index (χ1v) is 10.6. The lowest BCUT2D eigenvalue weighted by Gasteiger charge is -2.27. The molecule has 0 fully saturated rings. The Morgan fingerprint density at radius 1 is 1.03 bits per heavy atom. The summed E-state index contributed by atoms with van der Waals surface area (Å²) in [6.07, 6.45) is 0. The molecule has 1 aliphatic rings. The van der Waals surface area contributed by atoms with Gasteiger partial charge in [-0.15, -0.1) is 11.3 Å². The van der Waals surface area contributed by atoms with Crippen LogP contribution in [0.5, 0.6) is 11.5 Å². The number of hydrogen-bond acceptors (Lipinski definition) is 5. The summed E-state index contributed by atoms with van der Waals surface area (Å²) in [4.78, 5) is 17.9. The van der Waals surface area contributed by atoms with E-state index in [0.29, 0.717) is 43.4 Å². The van der Waals surface area contributed by atoms with Gasteiger partial charge in [0.05, 0.1) is 13.1 Å². The fourth-order valence-corrected chi connectivity index (χ4v) is 4.06. The minimum Gasteiger partial charge on any atom is -0.486 e. The number of ether oxygens (including phenoxy) is 2. The summed E-state index contributed by atoms with van der Waals surface area (Å²) in [6.45, 7) is 1.98. The molecule has 156 valence electrons. The average Bonchev–Trinajstić information content (AvgIpc) is 3.26. The number of fused-ring (bicyclic) bond motifs is 1. The molecule has 2 heterocycles. The molecule has 1 aliphatic heterocycles. The highest BCUT2D eigenvalue weighted by molar-refractivity contribution is 7.09. The second kappa shape index (κ2) is 9.28. The van der Waals surface area contributed by atoms with Crippen molar-refractivity contribution >= 4 is 22.9 Å². The Morgan fingerprint density at radius 2 is 1.83 bits per heavy atom. The SMILES string of the molecule is CN(CC(=O)N(Cc1cccs1)c1ccc2c(c1)OCCO2)Cc1ccccc1F. The minimum atomic E-state index is -0.265. The van der Waals surface area contributed by atoms with Gasteiger partial charge in [0.25, 0.3) is 0 Å². The van der Waals surface area contributed by atoms with Gasteiger partial charge < -0.3 is 14.4 Å². The smallest absolute Gasteiger partial charge is 0.241 e. The van der Waals surface area contributed by atoms with Crippen molar-refractivity contribution in [3.05, 3.63) is 76.2 Å². The number of rotatable bonds is 7. The molecule has 0 atom stereocenters. The van der Waals surface area contributed by atoms with Crippen molar-refractivity contribution in [3.63, 3.8) is 0 Å². The molecule has 0 radical (unpaired) electrons. The van der Waals surface area contributed by atoms with Crippen molar-refractivity contribution in [1.82, 2.24) is 4.90 Å². The van der Waals surface area contributed by atoms with E-state index >= 15 is 0 Å². The number of carbonyl (C=O) groups excluding carboxylic acids is 1. The molecule has 2 aromatic carbocycles. The van der Waals surface area contributed by atoms with Crippen LogP contribution in [0.15, 0.2) is 60.0 Å². The first-order chi connectivity index (χ1) is 14.6. The number of amides is 1. The van der Waals surface area contributed by atoms with E-state index < -0.39 is 0 Å². The molecule has 30 heavy (non-hydrogen) atoms. The summed E-state index contributed by atoms with van der Waals surface area (Å²) in [5.74, 6) is 0.991. The lowest BCUT2D eigenvalue weighted by molar-refractivity contribution is -0.119. The lowest BCUT2D eigenvalue weighted by atomic mass is 10.2. The summed E-state index contributed by atoms with van der Waals surface area (Å²) in [7, 11) is 1.82. The van der Waals surface area contributed by atoms with Crippen LogP contribution in [0.25, 0.3) is 0 Å². The molecule has 0 saturated carbocycles. The molecule has 0 spiro atoms. The maximum Gasteiger partial charge on any atom is 0.241 e. The fraction of sp³-hybridized carbons (Fsp3) is 0.261. The Kier molecular flexibility index (Phi) is 6.30. The summed E-state index contributed by atoms with van der Waals surface area (Å²) < 4.78 is 25.3. The fourth-order valence-electron chi connectivity index (χ4n) is 3.37. The molecule has 1 amide bonds. The highest BCUT2D eigenvalue weighted by Gasteiger charge is 2.21. The Hall–Kier alpha value is -2.90. The summed E-state index contributed by atoms with van der Waals surface area (Å²) in [6, 6.07) is 16.2. The number of halogens is 1. The highest BCUT2D eigenvalue weighted by atomic mass is 32.1. The quantitative estimate of drug-likeness (QED) is 0.564. The maximum absolute atomic E-state index is 14.0. The van der Waals surface area contributed by atoms with Gasteiger partial charge in [-0.3, -0.25) is 9.69 Å². The average molecular weight is 427 g/mol. The Labute approximate surface area is 179 Å². The maximum atomic E-state index is 14.0. The largest absolute Gasteiger partial charge is 0.486 e. The van der Waals surface area contributed by atoms with E-state index in [9.17, 15) is 9.18 Å². The van der Waals surface area contributed by atoms with Crippen LogP contribution in [-0.4, -0.2) is 37.6 Å². The lowest BCUT2D eigenvalue weighted by Crippen LogP contribution is -2.38. The van der Waals surface area contributed by atoms with Crippen LogP contribution in [0.4, 0.5) is 10.1 Å². The third-order valence-corrected chi connectivity index (χ3v) is 5.70. The number of anilines is 1. The molecule has 4 rings (SSSR count). The molecule has 0 unspecified atom stereocenters. The predicted molar refractivity (Wildman–Crippen MR) is 116 cm³/mol. The molecule has 0 bridgehead atoms. The second-order valence-corrected chi connectivity index (χ2v) is 8.18. The van der Waals surface area contributed by atoms with Crippen LogP contribution in [0.3, 0.4) is 0 Å². The van der Waals surface area contributed by atoms with Crippen LogP contribution in [-0.2, 0) is 17.9 Å². The third-order valence-electron chi connectivity index (χ3n) is 4.84. The summed E-state index contributed by atoms with van der Waals surface area (Å²) >= 11 is 1.60. The molecule has 1 aromatic heterocycles. The van der Waals surface area contributed by atoms with Crippen LogP contribution in [0, 0.1) is 5.82 Å². The van der Waals surface area contributed by atoms with Crippen LogP contribution in [0.2, 0.25) is 0 Å². The monoisotopic (exact) mass is 426 g/mol. The molecular weight excluding hydrogens is 403 g/mol. The van der Waals surface area contributed by atoms with E-state index in [1.54, 1.807) is 34.4 Å². The van der Waals surface area contributed by atoms with Crippen molar-refractivity contribution in [3.8, 4) is 11.5 Å². The third kappa shape index (κ3) is 4.80. The van der Waals surface area contributed by atoms with Crippen molar-refractivity contribution in [1.29, 1.82) is 0 Å². The summed E-state index contributed by atoms with van der Waals surface area (Å²) in [5, 5.41) is 1.99. The zero-order chi connectivity index (χ0) is 20.9. The van der Waals surface area contributed by atoms with Gasteiger partial charge >= 0.3 is 0 Å². The zero-order valence-corrected chi connectivity index (χ0v) is 17.5. The van der Waals surface area contributed by atoms with Gasteiger partial charge in [-0.1, -0.05) is 24.3 Å². The van der Waals surface area contributed by atoms with Gasteiger partial charge in [-0.25, -0.2) is 4.39 Å².